The Hall–Kier alpha value is -0.810. The Labute approximate surface area is 90.9 Å². The van der Waals surface area contributed by atoms with Gasteiger partial charge in [0.2, 0.25) is 5.91 Å². The predicted octanol–water partition coefficient (Wildman–Crippen LogP) is 1.44. The molecule has 1 saturated heterocycles. The number of carbonyl (C=O) groups excluding carboxylic acids is 1. The monoisotopic (exact) mass is 231 g/mol. The molecule has 1 aliphatic rings. The van der Waals surface area contributed by atoms with Crippen molar-refractivity contribution in [2.45, 2.75) is 12.5 Å². The molecule has 0 saturated carbocycles. The highest BCUT2D eigenvalue weighted by molar-refractivity contribution is 7.19. The molecule has 1 unspecified atom stereocenters. The Balaban J connectivity index is 2.02. The van der Waals surface area contributed by atoms with E-state index in [4.69, 9.17) is 11.6 Å². The van der Waals surface area contributed by atoms with Crippen LogP contribution < -0.4 is 5.32 Å². The van der Waals surface area contributed by atoms with Crippen LogP contribution in [0.5, 0.6) is 0 Å². The SMILES string of the molecule is CN1CCC(Nc2ncc(Cl)s2)C1=O. The first-order valence-corrected chi connectivity index (χ1v) is 5.49. The van der Waals surface area contributed by atoms with Crippen LogP contribution in [-0.4, -0.2) is 35.4 Å². The zero-order valence-corrected chi connectivity index (χ0v) is 9.23. The molecule has 6 heteroatoms. The summed E-state index contributed by atoms with van der Waals surface area (Å²) in [5, 5.41) is 3.79. The minimum absolute atomic E-state index is 0.122. The van der Waals surface area contributed by atoms with Gasteiger partial charge in [0.05, 0.1) is 6.20 Å². The van der Waals surface area contributed by atoms with Gasteiger partial charge in [0.1, 0.15) is 10.4 Å². The highest BCUT2D eigenvalue weighted by Crippen LogP contribution is 2.24. The number of hydrogen-bond donors (Lipinski definition) is 1. The molecule has 2 rings (SSSR count). The standard InChI is InChI=1S/C8H10ClN3OS/c1-12-3-2-5(7(12)13)11-8-10-4-6(9)14-8/h4-5H,2-3H2,1H3,(H,10,11). The molecule has 0 aliphatic carbocycles. The lowest BCUT2D eigenvalue weighted by Gasteiger charge is -2.10. The van der Waals surface area contributed by atoms with E-state index in [1.807, 2.05) is 0 Å². The van der Waals surface area contributed by atoms with Gasteiger partial charge < -0.3 is 10.2 Å². The first-order valence-electron chi connectivity index (χ1n) is 4.29. The van der Waals surface area contributed by atoms with E-state index in [-0.39, 0.29) is 11.9 Å². The second-order valence-electron chi connectivity index (χ2n) is 3.21. The fourth-order valence-electron chi connectivity index (χ4n) is 1.43. The average Bonchev–Trinajstić information content (AvgIpc) is 2.67. The summed E-state index contributed by atoms with van der Waals surface area (Å²) in [7, 11) is 1.80. The van der Waals surface area contributed by atoms with Crippen molar-refractivity contribution in [1.82, 2.24) is 9.88 Å². The van der Waals surface area contributed by atoms with Gasteiger partial charge in [-0.15, -0.1) is 0 Å². The van der Waals surface area contributed by atoms with Gasteiger partial charge in [-0.2, -0.15) is 0 Å². The fraction of sp³-hybridized carbons (Fsp3) is 0.500. The Bertz CT molecular complexity index is 354. The van der Waals surface area contributed by atoms with Crippen molar-refractivity contribution in [1.29, 1.82) is 0 Å². The molecule has 4 nitrogen and oxygen atoms in total. The smallest absolute Gasteiger partial charge is 0.244 e. The number of hydrogen-bond acceptors (Lipinski definition) is 4. The van der Waals surface area contributed by atoms with Crippen LogP contribution in [-0.2, 0) is 4.79 Å². The number of anilines is 1. The summed E-state index contributed by atoms with van der Waals surface area (Å²) in [6, 6.07) is -0.137. The van der Waals surface area contributed by atoms with Crippen LogP contribution in [0.2, 0.25) is 4.34 Å². The molecule has 1 fully saturated rings. The second kappa shape index (κ2) is 3.74. The van der Waals surface area contributed by atoms with Crippen molar-refractivity contribution >= 4 is 34.0 Å². The zero-order chi connectivity index (χ0) is 10.1. The summed E-state index contributed by atoms with van der Waals surface area (Å²) in [6.45, 7) is 0.801. The molecule has 1 aromatic heterocycles. The van der Waals surface area contributed by atoms with Crippen LogP contribution in [0.15, 0.2) is 6.20 Å². The lowest BCUT2D eigenvalue weighted by molar-refractivity contribution is -0.127. The second-order valence-corrected chi connectivity index (χ2v) is 4.88. The number of nitrogens with zero attached hydrogens (tertiary/aromatic N) is 2. The van der Waals surface area contributed by atoms with Crippen LogP contribution in [0.25, 0.3) is 0 Å². The molecule has 1 aromatic rings. The summed E-state index contributed by atoms with van der Waals surface area (Å²) in [5.41, 5.74) is 0. The van der Waals surface area contributed by atoms with Gasteiger partial charge in [0, 0.05) is 13.6 Å². The van der Waals surface area contributed by atoms with Crippen LogP contribution in [0.1, 0.15) is 6.42 Å². The minimum Gasteiger partial charge on any atom is -0.350 e. The quantitative estimate of drug-likeness (QED) is 0.838. The number of amides is 1. The zero-order valence-electron chi connectivity index (χ0n) is 7.66. The van der Waals surface area contributed by atoms with Crippen molar-refractivity contribution in [3.05, 3.63) is 10.5 Å². The van der Waals surface area contributed by atoms with Gasteiger partial charge in [0.25, 0.3) is 0 Å². The first-order chi connectivity index (χ1) is 6.66. The van der Waals surface area contributed by atoms with E-state index in [1.165, 1.54) is 11.3 Å². The number of carbonyl (C=O) groups is 1. The molecule has 2 heterocycles. The first kappa shape index (κ1) is 9.73. The van der Waals surface area contributed by atoms with E-state index >= 15 is 0 Å². The number of likely N-dealkylation sites (tertiary alicyclic amines) is 1. The third-order valence-electron chi connectivity index (χ3n) is 2.20. The maximum atomic E-state index is 11.5. The van der Waals surface area contributed by atoms with E-state index in [9.17, 15) is 4.79 Å². The number of aromatic nitrogens is 1. The maximum absolute atomic E-state index is 11.5. The minimum atomic E-state index is -0.137. The fourth-order valence-corrected chi connectivity index (χ4v) is 2.29. The highest BCUT2D eigenvalue weighted by Gasteiger charge is 2.29. The molecule has 0 radical (unpaired) electrons. The Morgan fingerprint density at radius 2 is 2.57 bits per heavy atom. The van der Waals surface area contributed by atoms with Crippen molar-refractivity contribution in [3.8, 4) is 0 Å². The van der Waals surface area contributed by atoms with E-state index in [0.29, 0.717) is 9.47 Å². The lowest BCUT2D eigenvalue weighted by atomic mass is 10.2. The van der Waals surface area contributed by atoms with E-state index in [0.717, 1.165) is 13.0 Å². The Morgan fingerprint density at radius 3 is 3.07 bits per heavy atom. The van der Waals surface area contributed by atoms with Gasteiger partial charge in [0.15, 0.2) is 5.13 Å². The number of likely N-dealkylation sites (N-methyl/N-ethyl adjacent to an activating group) is 1. The number of thiazole rings is 1. The van der Waals surface area contributed by atoms with Gasteiger partial charge in [-0.3, -0.25) is 4.79 Å². The van der Waals surface area contributed by atoms with Crippen molar-refractivity contribution in [2.75, 3.05) is 18.9 Å². The molecule has 1 aliphatic heterocycles. The number of rotatable bonds is 2. The molecule has 14 heavy (non-hydrogen) atoms. The molecule has 1 N–H and O–H groups in total. The van der Waals surface area contributed by atoms with Crippen LogP contribution >= 0.6 is 22.9 Å². The molecule has 1 atom stereocenters. The van der Waals surface area contributed by atoms with Crippen molar-refractivity contribution < 1.29 is 4.79 Å². The van der Waals surface area contributed by atoms with Gasteiger partial charge in [-0.05, 0) is 6.42 Å². The normalized spacial score (nSPS) is 21.7. The molecule has 0 aromatic carbocycles. The molecule has 1 amide bonds. The molecule has 76 valence electrons. The Morgan fingerprint density at radius 1 is 1.79 bits per heavy atom. The van der Waals surface area contributed by atoms with Crippen LogP contribution in [0, 0.1) is 0 Å². The summed E-state index contributed by atoms with van der Waals surface area (Å²) in [5.74, 6) is 0.122. The highest BCUT2D eigenvalue weighted by atomic mass is 35.5. The van der Waals surface area contributed by atoms with Crippen molar-refractivity contribution in [3.63, 3.8) is 0 Å². The van der Waals surface area contributed by atoms with E-state index in [1.54, 1.807) is 18.1 Å². The topological polar surface area (TPSA) is 45.2 Å². The Kier molecular flexibility index (Phi) is 2.60. The summed E-state index contributed by atoms with van der Waals surface area (Å²) in [4.78, 5) is 17.3. The molecule has 0 bridgehead atoms. The van der Waals surface area contributed by atoms with E-state index < -0.39 is 0 Å². The molecular formula is C8H10ClN3OS. The van der Waals surface area contributed by atoms with Gasteiger partial charge >= 0.3 is 0 Å². The van der Waals surface area contributed by atoms with Gasteiger partial charge in [-0.25, -0.2) is 4.98 Å². The number of nitrogens with one attached hydrogen (secondary N) is 1. The van der Waals surface area contributed by atoms with Crippen LogP contribution in [0.4, 0.5) is 5.13 Å². The number of halogens is 1. The van der Waals surface area contributed by atoms with Crippen LogP contribution in [0.3, 0.4) is 0 Å². The summed E-state index contributed by atoms with van der Waals surface area (Å²) in [6.07, 6.45) is 2.41. The largest absolute Gasteiger partial charge is 0.350 e. The summed E-state index contributed by atoms with van der Waals surface area (Å²) < 4.78 is 0.631. The summed E-state index contributed by atoms with van der Waals surface area (Å²) >= 11 is 7.08. The third-order valence-corrected chi connectivity index (χ3v) is 3.25. The predicted molar refractivity (Wildman–Crippen MR) is 56.8 cm³/mol. The van der Waals surface area contributed by atoms with E-state index in [2.05, 4.69) is 10.3 Å². The lowest BCUT2D eigenvalue weighted by Crippen LogP contribution is -2.30. The maximum Gasteiger partial charge on any atom is 0.244 e. The molecular weight excluding hydrogens is 222 g/mol. The van der Waals surface area contributed by atoms with Crippen molar-refractivity contribution in [2.24, 2.45) is 0 Å². The molecule has 0 spiro atoms. The average molecular weight is 232 g/mol. The third kappa shape index (κ3) is 1.83. The van der Waals surface area contributed by atoms with Gasteiger partial charge in [-0.1, -0.05) is 22.9 Å².